The van der Waals surface area contributed by atoms with Crippen molar-refractivity contribution in [2.45, 2.75) is 12.8 Å². The highest BCUT2D eigenvalue weighted by molar-refractivity contribution is 6.01. The summed E-state index contributed by atoms with van der Waals surface area (Å²) in [7, 11) is 0. The molecule has 1 fully saturated rings. The summed E-state index contributed by atoms with van der Waals surface area (Å²) in [5.74, 6) is 0.190. The average molecular weight is 266 g/mol. The Morgan fingerprint density at radius 3 is 2.95 bits per heavy atom. The van der Waals surface area contributed by atoms with E-state index in [1.54, 1.807) is 6.20 Å². The van der Waals surface area contributed by atoms with E-state index in [1.165, 1.54) is 0 Å². The highest BCUT2D eigenvalue weighted by Crippen LogP contribution is 2.24. The Labute approximate surface area is 115 Å². The fourth-order valence-corrected chi connectivity index (χ4v) is 2.92. The van der Waals surface area contributed by atoms with Gasteiger partial charge in [0, 0.05) is 30.6 Å². The van der Waals surface area contributed by atoms with Gasteiger partial charge >= 0.3 is 0 Å². The summed E-state index contributed by atoms with van der Waals surface area (Å²) in [5.41, 5.74) is 2.87. The number of hydrogen-bond acceptors (Lipinski definition) is 4. The van der Waals surface area contributed by atoms with Crippen molar-refractivity contribution in [1.29, 1.82) is 5.26 Å². The molecule has 6 nitrogen and oxygen atoms in total. The SMILES string of the molecule is N#CC1CCN(n2cnc3cnc4[nH]ccc4c32)CC1. The summed E-state index contributed by atoms with van der Waals surface area (Å²) in [4.78, 5) is 11.9. The zero-order valence-electron chi connectivity index (χ0n) is 11.0. The third-order valence-corrected chi connectivity index (χ3v) is 4.03. The van der Waals surface area contributed by atoms with Crippen LogP contribution in [0.1, 0.15) is 12.8 Å². The van der Waals surface area contributed by atoms with Crippen LogP contribution in [0.15, 0.2) is 24.8 Å². The quantitative estimate of drug-likeness (QED) is 0.728. The van der Waals surface area contributed by atoms with E-state index in [-0.39, 0.29) is 5.92 Å². The Morgan fingerprint density at radius 2 is 2.15 bits per heavy atom. The Balaban J connectivity index is 1.80. The van der Waals surface area contributed by atoms with Crippen LogP contribution in [0.2, 0.25) is 0 Å². The van der Waals surface area contributed by atoms with E-state index in [9.17, 15) is 0 Å². The van der Waals surface area contributed by atoms with E-state index in [4.69, 9.17) is 5.26 Å². The minimum absolute atomic E-state index is 0.190. The molecule has 3 aromatic heterocycles. The van der Waals surface area contributed by atoms with E-state index in [0.717, 1.165) is 48.0 Å². The first-order valence-electron chi connectivity index (χ1n) is 6.81. The maximum Gasteiger partial charge on any atom is 0.139 e. The molecule has 0 bridgehead atoms. The lowest BCUT2D eigenvalue weighted by Crippen LogP contribution is -2.41. The molecule has 1 saturated heterocycles. The van der Waals surface area contributed by atoms with Crippen LogP contribution in [0.3, 0.4) is 0 Å². The topological polar surface area (TPSA) is 73.5 Å². The van der Waals surface area contributed by atoms with Crippen LogP contribution in [-0.2, 0) is 0 Å². The number of H-pyrrole nitrogens is 1. The highest BCUT2D eigenvalue weighted by atomic mass is 15.6. The van der Waals surface area contributed by atoms with Crippen molar-refractivity contribution < 1.29 is 0 Å². The Hall–Kier alpha value is -2.55. The average Bonchev–Trinajstić information content (AvgIpc) is 3.13. The normalized spacial score (nSPS) is 16.9. The molecular weight excluding hydrogens is 252 g/mol. The molecule has 3 aromatic rings. The lowest BCUT2D eigenvalue weighted by molar-refractivity contribution is 0.426. The van der Waals surface area contributed by atoms with Gasteiger partial charge in [-0.2, -0.15) is 5.26 Å². The van der Waals surface area contributed by atoms with E-state index in [2.05, 4.69) is 30.7 Å². The maximum atomic E-state index is 8.99. The van der Waals surface area contributed by atoms with Gasteiger partial charge in [0.15, 0.2) is 0 Å². The lowest BCUT2D eigenvalue weighted by atomic mass is 10.00. The molecular formula is C14H14N6. The van der Waals surface area contributed by atoms with E-state index in [0.29, 0.717) is 0 Å². The molecule has 20 heavy (non-hydrogen) atoms. The third kappa shape index (κ3) is 1.56. The van der Waals surface area contributed by atoms with E-state index >= 15 is 0 Å². The van der Waals surface area contributed by atoms with Crippen LogP contribution in [-0.4, -0.2) is 32.7 Å². The molecule has 0 atom stereocenters. The fourth-order valence-electron chi connectivity index (χ4n) is 2.92. The molecule has 0 aromatic carbocycles. The van der Waals surface area contributed by atoms with Gasteiger partial charge in [0.05, 0.1) is 12.3 Å². The minimum Gasteiger partial charge on any atom is -0.346 e. The number of aromatic nitrogens is 4. The molecule has 1 aliphatic rings. The molecule has 4 rings (SSSR count). The Bertz CT molecular complexity index is 800. The van der Waals surface area contributed by atoms with Crippen molar-refractivity contribution in [2.75, 3.05) is 18.1 Å². The molecule has 1 aliphatic heterocycles. The molecule has 0 saturated carbocycles. The fraction of sp³-hybridized carbons (Fsp3) is 0.357. The van der Waals surface area contributed by atoms with Gasteiger partial charge in [-0.05, 0) is 18.9 Å². The molecule has 0 unspecified atom stereocenters. The summed E-state index contributed by atoms with van der Waals surface area (Å²) >= 11 is 0. The van der Waals surface area contributed by atoms with E-state index in [1.807, 2.05) is 18.6 Å². The first-order valence-corrected chi connectivity index (χ1v) is 6.81. The van der Waals surface area contributed by atoms with E-state index < -0.39 is 0 Å². The van der Waals surface area contributed by atoms with Gasteiger partial charge in [-0.15, -0.1) is 0 Å². The minimum atomic E-state index is 0.190. The van der Waals surface area contributed by atoms with Crippen molar-refractivity contribution in [3.63, 3.8) is 0 Å². The molecule has 0 aliphatic carbocycles. The number of aromatic amines is 1. The zero-order valence-corrected chi connectivity index (χ0v) is 11.0. The van der Waals surface area contributed by atoms with Gasteiger partial charge in [-0.1, -0.05) is 0 Å². The van der Waals surface area contributed by atoms with Crippen LogP contribution in [0.25, 0.3) is 22.1 Å². The summed E-state index contributed by atoms with van der Waals surface area (Å²) in [6.45, 7) is 1.77. The standard InChI is InChI=1S/C14H14N6/c15-7-10-2-5-19(6-3-10)20-9-18-12-8-17-14-11(13(12)20)1-4-16-14/h1,4,8-10H,2-3,5-6H2,(H,16,17). The number of nitrogens with one attached hydrogen (secondary N) is 1. The molecule has 0 spiro atoms. The molecule has 1 N–H and O–H groups in total. The third-order valence-electron chi connectivity index (χ3n) is 4.03. The number of pyridine rings is 1. The van der Waals surface area contributed by atoms with Gasteiger partial charge in [0.2, 0.25) is 0 Å². The van der Waals surface area contributed by atoms with Crippen LogP contribution < -0.4 is 5.01 Å². The maximum absolute atomic E-state index is 8.99. The summed E-state index contributed by atoms with van der Waals surface area (Å²) < 4.78 is 2.11. The van der Waals surface area contributed by atoms with Crippen LogP contribution in [0, 0.1) is 17.2 Å². The number of rotatable bonds is 1. The van der Waals surface area contributed by atoms with Crippen molar-refractivity contribution in [2.24, 2.45) is 5.92 Å². The smallest absolute Gasteiger partial charge is 0.139 e. The number of hydrogen-bond donors (Lipinski definition) is 1. The van der Waals surface area contributed by atoms with Crippen molar-refractivity contribution in [3.05, 3.63) is 24.8 Å². The predicted octanol–water partition coefficient (Wildman–Crippen LogP) is 1.78. The van der Waals surface area contributed by atoms with Gasteiger partial charge in [0.1, 0.15) is 23.0 Å². The number of piperidine rings is 1. The molecule has 0 amide bonds. The van der Waals surface area contributed by atoms with Crippen LogP contribution >= 0.6 is 0 Å². The first kappa shape index (κ1) is 11.3. The Morgan fingerprint density at radius 1 is 1.30 bits per heavy atom. The zero-order chi connectivity index (χ0) is 13.5. The first-order chi connectivity index (χ1) is 9.86. The van der Waals surface area contributed by atoms with Gasteiger partial charge < -0.3 is 9.99 Å². The number of imidazole rings is 1. The molecule has 6 heteroatoms. The molecule has 0 radical (unpaired) electrons. The summed E-state index contributed by atoms with van der Waals surface area (Å²) in [6, 6.07) is 4.40. The second-order valence-electron chi connectivity index (χ2n) is 5.18. The summed E-state index contributed by atoms with van der Waals surface area (Å²) in [6.07, 6.45) is 7.38. The van der Waals surface area contributed by atoms with Gasteiger partial charge in [0.25, 0.3) is 0 Å². The van der Waals surface area contributed by atoms with Crippen molar-refractivity contribution >= 4 is 22.1 Å². The molecule has 4 heterocycles. The second kappa shape index (κ2) is 4.23. The largest absolute Gasteiger partial charge is 0.346 e. The number of nitrogens with zero attached hydrogens (tertiary/aromatic N) is 5. The lowest BCUT2D eigenvalue weighted by Gasteiger charge is -2.31. The number of fused-ring (bicyclic) bond motifs is 3. The monoisotopic (exact) mass is 266 g/mol. The van der Waals surface area contributed by atoms with Crippen molar-refractivity contribution in [3.8, 4) is 6.07 Å². The van der Waals surface area contributed by atoms with Crippen molar-refractivity contribution in [1.82, 2.24) is 19.6 Å². The highest BCUT2D eigenvalue weighted by Gasteiger charge is 2.21. The Kier molecular flexibility index (Phi) is 2.39. The second-order valence-corrected chi connectivity index (χ2v) is 5.18. The number of nitriles is 1. The molecule has 100 valence electrons. The predicted molar refractivity (Wildman–Crippen MR) is 75.7 cm³/mol. The van der Waals surface area contributed by atoms with Crippen LogP contribution in [0.5, 0.6) is 0 Å². The van der Waals surface area contributed by atoms with Gasteiger partial charge in [-0.3, -0.25) is 0 Å². The van der Waals surface area contributed by atoms with Crippen LogP contribution in [0.4, 0.5) is 0 Å². The van der Waals surface area contributed by atoms with Gasteiger partial charge in [-0.25, -0.2) is 14.6 Å². The summed E-state index contributed by atoms with van der Waals surface area (Å²) in [5, 5.41) is 12.3.